The summed E-state index contributed by atoms with van der Waals surface area (Å²) in [7, 11) is 0. The minimum Gasteiger partial charge on any atom is -0.352 e. The third kappa shape index (κ3) is 7.47. The summed E-state index contributed by atoms with van der Waals surface area (Å²) >= 11 is 19.2. The molecular weight excluding hydrogens is 503 g/mol. The van der Waals surface area contributed by atoms with Gasteiger partial charge in [-0.25, -0.2) is 0 Å². The van der Waals surface area contributed by atoms with Gasteiger partial charge in [0.2, 0.25) is 11.8 Å². The zero-order valence-electron chi connectivity index (χ0n) is 19.8. The smallest absolute Gasteiger partial charge is 0.243 e. The van der Waals surface area contributed by atoms with Gasteiger partial charge in [-0.05, 0) is 48.2 Å². The maximum Gasteiger partial charge on any atom is 0.243 e. The predicted molar refractivity (Wildman–Crippen MR) is 144 cm³/mol. The van der Waals surface area contributed by atoms with Crippen LogP contribution >= 0.6 is 34.8 Å². The number of rotatable bonds is 10. The van der Waals surface area contributed by atoms with Gasteiger partial charge < -0.3 is 10.2 Å². The summed E-state index contributed by atoms with van der Waals surface area (Å²) in [4.78, 5) is 28.9. The normalized spacial score (nSPS) is 12.6. The Bertz CT molecular complexity index is 1130. The molecule has 35 heavy (non-hydrogen) atoms. The van der Waals surface area contributed by atoms with E-state index in [1.54, 1.807) is 29.2 Å². The Morgan fingerprint density at radius 3 is 2.09 bits per heavy atom. The second-order valence-electron chi connectivity index (χ2n) is 8.51. The molecule has 0 bridgehead atoms. The third-order valence-electron chi connectivity index (χ3n) is 5.96. The van der Waals surface area contributed by atoms with Gasteiger partial charge in [0.15, 0.2) is 0 Å². The number of halogens is 3. The lowest BCUT2D eigenvalue weighted by Gasteiger charge is -2.33. The Morgan fingerprint density at radius 1 is 0.857 bits per heavy atom. The van der Waals surface area contributed by atoms with E-state index in [0.29, 0.717) is 27.1 Å². The van der Waals surface area contributed by atoms with Crippen molar-refractivity contribution in [2.75, 3.05) is 0 Å². The molecule has 0 aliphatic heterocycles. The molecule has 3 aromatic rings. The van der Waals surface area contributed by atoms with Gasteiger partial charge in [0.05, 0.1) is 6.42 Å². The summed E-state index contributed by atoms with van der Waals surface area (Å²) < 4.78 is 0. The highest BCUT2D eigenvalue weighted by molar-refractivity contribution is 6.36. The summed E-state index contributed by atoms with van der Waals surface area (Å²) in [6.07, 6.45) is 1.10. The van der Waals surface area contributed by atoms with Gasteiger partial charge in [-0.3, -0.25) is 9.59 Å². The number of nitrogens with zero attached hydrogens (tertiary/aromatic N) is 1. The summed E-state index contributed by atoms with van der Waals surface area (Å²) in [5, 5.41) is 4.40. The molecule has 0 saturated heterocycles. The highest BCUT2D eigenvalue weighted by Crippen LogP contribution is 2.27. The first-order valence-electron chi connectivity index (χ1n) is 11.6. The lowest BCUT2D eigenvalue weighted by Crippen LogP contribution is -2.52. The number of carbonyl (C=O) groups is 2. The number of hydrogen-bond acceptors (Lipinski definition) is 2. The van der Waals surface area contributed by atoms with E-state index < -0.39 is 6.04 Å². The molecule has 2 unspecified atom stereocenters. The molecule has 0 aromatic heterocycles. The SMILES string of the molecule is CCC(C)NC(=O)C(Cc1ccccc1)N(Cc1ccccc1Cl)C(=O)Cc1c(Cl)cccc1Cl. The number of carbonyl (C=O) groups excluding carboxylic acids is 2. The fraction of sp³-hybridized carbons (Fsp3) is 0.286. The largest absolute Gasteiger partial charge is 0.352 e. The van der Waals surface area contributed by atoms with Gasteiger partial charge in [0.25, 0.3) is 0 Å². The Balaban J connectivity index is 2.02. The van der Waals surface area contributed by atoms with E-state index in [1.165, 1.54) is 0 Å². The minimum atomic E-state index is -0.753. The van der Waals surface area contributed by atoms with Crippen molar-refractivity contribution < 1.29 is 9.59 Å². The van der Waals surface area contributed by atoms with E-state index in [4.69, 9.17) is 34.8 Å². The lowest BCUT2D eigenvalue weighted by molar-refractivity contribution is -0.141. The zero-order chi connectivity index (χ0) is 25.4. The van der Waals surface area contributed by atoms with E-state index in [0.717, 1.165) is 17.5 Å². The molecule has 2 atom stereocenters. The highest BCUT2D eigenvalue weighted by atomic mass is 35.5. The van der Waals surface area contributed by atoms with Gasteiger partial charge in [-0.15, -0.1) is 0 Å². The molecule has 0 saturated carbocycles. The summed E-state index contributed by atoms with van der Waals surface area (Å²) in [6.45, 7) is 4.12. The van der Waals surface area contributed by atoms with Crippen LogP contribution in [0.1, 0.15) is 37.0 Å². The third-order valence-corrected chi connectivity index (χ3v) is 7.04. The average molecular weight is 532 g/mol. The van der Waals surface area contributed by atoms with Gasteiger partial charge in [-0.2, -0.15) is 0 Å². The van der Waals surface area contributed by atoms with Gasteiger partial charge >= 0.3 is 0 Å². The summed E-state index contributed by atoms with van der Waals surface area (Å²) in [6, 6.07) is 21.3. The minimum absolute atomic E-state index is 0.0314. The monoisotopic (exact) mass is 530 g/mol. The quantitative estimate of drug-likeness (QED) is 0.315. The molecule has 7 heteroatoms. The van der Waals surface area contributed by atoms with Gasteiger partial charge in [0.1, 0.15) is 6.04 Å². The van der Waals surface area contributed by atoms with Crippen molar-refractivity contribution in [3.05, 3.63) is 105 Å². The first kappa shape index (κ1) is 27.1. The summed E-state index contributed by atoms with van der Waals surface area (Å²) in [5.41, 5.74) is 2.23. The van der Waals surface area contributed by atoms with E-state index in [9.17, 15) is 9.59 Å². The molecule has 3 rings (SSSR count). The second kappa shape index (κ2) is 13.0. The molecule has 0 radical (unpaired) electrons. The molecule has 184 valence electrons. The van der Waals surface area contributed by atoms with E-state index >= 15 is 0 Å². The molecule has 1 N–H and O–H groups in total. The maximum atomic E-state index is 13.8. The number of amides is 2. The van der Waals surface area contributed by atoms with Crippen LogP contribution < -0.4 is 5.32 Å². The molecule has 0 aliphatic rings. The number of nitrogens with one attached hydrogen (secondary N) is 1. The Morgan fingerprint density at radius 2 is 1.46 bits per heavy atom. The standard InChI is InChI=1S/C28H29Cl3N2O2/c1-3-19(2)32-28(35)26(16-20-10-5-4-6-11-20)33(18-21-12-7-8-13-23(21)29)27(34)17-22-24(30)14-9-15-25(22)31/h4-15,19,26H,3,16-18H2,1-2H3,(H,32,35). The molecule has 3 aromatic carbocycles. The number of hydrogen-bond donors (Lipinski definition) is 1. The second-order valence-corrected chi connectivity index (χ2v) is 9.74. The van der Waals surface area contributed by atoms with Crippen LogP contribution in [-0.4, -0.2) is 28.8 Å². The van der Waals surface area contributed by atoms with Crippen molar-refractivity contribution in [1.82, 2.24) is 10.2 Å². The lowest BCUT2D eigenvalue weighted by atomic mass is 10.0. The van der Waals surface area contributed by atoms with E-state index in [-0.39, 0.29) is 30.8 Å². The first-order chi connectivity index (χ1) is 16.8. The van der Waals surface area contributed by atoms with Gasteiger partial charge in [-0.1, -0.05) is 96.3 Å². The first-order valence-corrected chi connectivity index (χ1v) is 12.7. The molecule has 2 amide bonds. The van der Waals surface area contributed by atoms with Gasteiger partial charge in [0, 0.05) is 34.1 Å². The molecular formula is C28H29Cl3N2O2. The van der Waals surface area contributed by atoms with Crippen LogP contribution in [0, 0.1) is 0 Å². The molecule has 0 fully saturated rings. The Hall–Kier alpha value is -2.53. The van der Waals surface area contributed by atoms with Crippen LogP contribution in [0.3, 0.4) is 0 Å². The van der Waals surface area contributed by atoms with Crippen LogP contribution in [0.15, 0.2) is 72.8 Å². The van der Waals surface area contributed by atoms with Crippen molar-refractivity contribution in [3.8, 4) is 0 Å². The van der Waals surface area contributed by atoms with Crippen molar-refractivity contribution in [1.29, 1.82) is 0 Å². The van der Waals surface area contributed by atoms with Crippen LogP contribution in [0.4, 0.5) is 0 Å². The number of benzene rings is 3. The zero-order valence-corrected chi connectivity index (χ0v) is 22.1. The fourth-order valence-electron chi connectivity index (χ4n) is 3.76. The average Bonchev–Trinajstić information content (AvgIpc) is 2.85. The van der Waals surface area contributed by atoms with E-state index in [1.807, 2.05) is 62.4 Å². The molecule has 0 aliphatic carbocycles. The van der Waals surface area contributed by atoms with Crippen LogP contribution in [0.5, 0.6) is 0 Å². The predicted octanol–water partition coefficient (Wildman–Crippen LogP) is 6.74. The van der Waals surface area contributed by atoms with Crippen LogP contribution in [0.25, 0.3) is 0 Å². The summed E-state index contributed by atoms with van der Waals surface area (Å²) in [5.74, 6) is -0.478. The molecule has 4 nitrogen and oxygen atoms in total. The Kier molecular flexibility index (Phi) is 10.0. The van der Waals surface area contributed by atoms with Crippen LogP contribution in [-0.2, 0) is 29.0 Å². The molecule has 0 heterocycles. The van der Waals surface area contributed by atoms with Crippen molar-refractivity contribution in [2.24, 2.45) is 0 Å². The highest BCUT2D eigenvalue weighted by Gasteiger charge is 2.32. The fourth-order valence-corrected chi connectivity index (χ4v) is 4.49. The van der Waals surface area contributed by atoms with Crippen molar-refractivity contribution >= 4 is 46.6 Å². The van der Waals surface area contributed by atoms with Crippen molar-refractivity contribution in [2.45, 2.75) is 51.7 Å². The van der Waals surface area contributed by atoms with Crippen molar-refractivity contribution in [3.63, 3.8) is 0 Å². The molecule has 0 spiro atoms. The topological polar surface area (TPSA) is 49.4 Å². The maximum absolute atomic E-state index is 13.8. The van der Waals surface area contributed by atoms with Crippen LogP contribution in [0.2, 0.25) is 15.1 Å². The van der Waals surface area contributed by atoms with E-state index in [2.05, 4.69) is 5.32 Å². The Labute approximate surface area is 222 Å².